The summed E-state index contributed by atoms with van der Waals surface area (Å²) in [6, 6.07) is 9.93. The lowest BCUT2D eigenvalue weighted by Gasteiger charge is -2.25. The monoisotopic (exact) mass is 306 g/mol. The van der Waals surface area contributed by atoms with E-state index in [1.807, 2.05) is 51.1 Å². The molecule has 0 aliphatic carbocycles. The van der Waals surface area contributed by atoms with Gasteiger partial charge in [-0.25, -0.2) is 4.79 Å². The molecular formula is C17H26N2O3. The van der Waals surface area contributed by atoms with E-state index in [1.165, 1.54) is 0 Å². The van der Waals surface area contributed by atoms with E-state index in [-0.39, 0.29) is 24.8 Å². The van der Waals surface area contributed by atoms with Crippen molar-refractivity contribution in [3.05, 3.63) is 35.9 Å². The molecule has 1 saturated heterocycles. The first kappa shape index (κ1) is 16.8. The first-order chi connectivity index (χ1) is 10.4. The van der Waals surface area contributed by atoms with Crippen LogP contribution in [-0.2, 0) is 4.74 Å². The highest BCUT2D eigenvalue weighted by Crippen LogP contribution is 2.19. The Morgan fingerprint density at radius 2 is 2.09 bits per heavy atom. The van der Waals surface area contributed by atoms with Crippen LogP contribution in [0.4, 0.5) is 4.79 Å². The van der Waals surface area contributed by atoms with Gasteiger partial charge in [0, 0.05) is 19.1 Å². The number of aliphatic hydroxyl groups excluding tert-OH is 1. The average Bonchev–Trinajstić information content (AvgIpc) is 2.92. The Balaban J connectivity index is 1.89. The van der Waals surface area contributed by atoms with Gasteiger partial charge in [-0.1, -0.05) is 30.3 Å². The zero-order valence-corrected chi connectivity index (χ0v) is 13.6. The zero-order valence-electron chi connectivity index (χ0n) is 13.6. The number of nitrogens with zero attached hydrogens (tertiary/aromatic N) is 1. The molecule has 2 atom stereocenters. The number of carbonyl (C=O) groups is 1. The summed E-state index contributed by atoms with van der Waals surface area (Å²) >= 11 is 0. The van der Waals surface area contributed by atoms with Gasteiger partial charge < -0.3 is 20.1 Å². The standard InChI is InChI=1S/C17H26N2O3/c1-17(2,3)22-16(21)19-10-9-14(11-19)18-15(12-20)13-7-5-4-6-8-13/h4-8,14-15,18,20H,9-12H2,1-3H3. The molecule has 0 aromatic heterocycles. The van der Waals surface area contributed by atoms with Gasteiger partial charge in [0.05, 0.1) is 12.6 Å². The summed E-state index contributed by atoms with van der Waals surface area (Å²) in [6.07, 6.45) is 0.597. The minimum Gasteiger partial charge on any atom is -0.444 e. The smallest absolute Gasteiger partial charge is 0.410 e. The molecule has 2 N–H and O–H groups in total. The molecule has 0 spiro atoms. The maximum absolute atomic E-state index is 12.1. The van der Waals surface area contributed by atoms with Crippen LogP contribution in [0.5, 0.6) is 0 Å². The number of benzene rings is 1. The second kappa shape index (κ2) is 7.11. The fourth-order valence-corrected chi connectivity index (χ4v) is 2.61. The minimum absolute atomic E-state index is 0.0347. The van der Waals surface area contributed by atoms with Crippen LogP contribution in [-0.4, -0.2) is 47.4 Å². The molecule has 22 heavy (non-hydrogen) atoms. The molecule has 1 aromatic carbocycles. The van der Waals surface area contributed by atoms with Crippen LogP contribution in [0.25, 0.3) is 0 Å². The molecule has 0 radical (unpaired) electrons. The van der Waals surface area contributed by atoms with E-state index in [2.05, 4.69) is 5.32 Å². The lowest BCUT2D eigenvalue weighted by atomic mass is 10.1. The van der Waals surface area contributed by atoms with E-state index < -0.39 is 5.60 Å². The van der Waals surface area contributed by atoms with Crippen LogP contribution in [0.2, 0.25) is 0 Å². The first-order valence-corrected chi connectivity index (χ1v) is 7.79. The second-order valence-corrected chi connectivity index (χ2v) is 6.72. The van der Waals surface area contributed by atoms with Gasteiger partial charge in [0.1, 0.15) is 5.60 Å². The molecule has 1 heterocycles. The highest BCUT2D eigenvalue weighted by molar-refractivity contribution is 5.68. The van der Waals surface area contributed by atoms with Crippen molar-refractivity contribution in [1.29, 1.82) is 0 Å². The molecule has 1 fully saturated rings. The Bertz CT molecular complexity index is 484. The van der Waals surface area contributed by atoms with Crippen molar-refractivity contribution in [2.24, 2.45) is 0 Å². The van der Waals surface area contributed by atoms with E-state index in [9.17, 15) is 9.90 Å². The van der Waals surface area contributed by atoms with Crippen molar-refractivity contribution in [3.63, 3.8) is 0 Å². The third-order valence-corrected chi connectivity index (χ3v) is 3.66. The van der Waals surface area contributed by atoms with E-state index in [4.69, 9.17) is 4.74 Å². The van der Waals surface area contributed by atoms with Crippen LogP contribution < -0.4 is 5.32 Å². The van der Waals surface area contributed by atoms with Gasteiger partial charge in [-0.15, -0.1) is 0 Å². The predicted octanol–water partition coefficient (Wildman–Crippen LogP) is 2.32. The Kier molecular flexibility index (Phi) is 5.42. The third-order valence-electron chi connectivity index (χ3n) is 3.66. The van der Waals surface area contributed by atoms with Crippen molar-refractivity contribution in [1.82, 2.24) is 10.2 Å². The van der Waals surface area contributed by atoms with E-state index in [0.29, 0.717) is 13.1 Å². The maximum atomic E-state index is 12.1. The fourth-order valence-electron chi connectivity index (χ4n) is 2.61. The third kappa shape index (κ3) is 4.71. The van der Waals surface area contributed by atoms with Crippen molar-refractivity contribution >= 4 is 6.09 Å². The number of aliphatic hydroxyl groups is 1. The number of nitrogens with one attached hydrogen (secondary N) is 1. The number of carbonyl (C=O) groups excluding carboxylic acids is 1. The Labute approximate surface area is 132 Å². The topological polar surface area (TPSA) is 61.8 Å². The van der Waals surface area contributed by atoms with E-state index in [0.717, 1.165) is 12.0 Å². The van der Waals surface area contributed by atoms with Gasteiger partial charge in [0.15, 0.2) is 0 Å². The largest absolute Gasteiger partial charge is 0.444 e. The van der Waals surface area contributed by atoms with Crippen LogP contribution in [0.3, 0.4) is 0 Å². The van der Waals surface area contributed by atoms with Gasteiger partial charge >= 0.3 is 6.09 Å². The van der Waals surface area contributed by atoms with Crippen molar-refractivity contribution in [2.75, 3.05) is 19.7 Å². The molecule has 5 nitrogen and oxygen atoms in total. The molecular weight excluding hydrogens is 280 g/mol. The van der Waals surface area contributed by atoms with Gasteiger partial charge in [0.25, 0.3) is 0 Å². The highest BCUT2D eigenvalue weighted by Gasteiger charge is 2.30. The number of rotatable bonds is 4. The van der Waals surface area contributed by atoms with E-state index in [1.54, 1.807) is 4.90 Å². The van der Waals surface area contributed by atoms with Crippen molar-refractivity contribution in [2.45, 2.75) is 44.9 Å². The summed E-state index contributed by atoms with van der Waals surface area (Å²) in [5.41, 5.74) is 0.584. The summed E-state index contributed by atoms with van der Waals surface area (Å²) in [4.78, 5) is 13.8. The zero-order chi connectivity index (χ0) is 16.2. The maximum Gasteiger partial charge on any atom is 0.410 e. The summed E-state index contributed by atoms with van der Waals surface area (Å²) in [5, 5.41) is 13.0. The summed E-state index contributed by atoms with van der Waals surface area (Å²) in [5.74, 6) is 0. The molecule has 5 heteroatoms. The first-order valence-electron chi connectivity index (χ1n) is 7.79. The molecule has 1 aliphatic heterocycles. The molecule has 1 aliphatic rings. The molecule has 2 unspecified atom stereocenters. The second-order valence-electron chi connectivity index (χ2n) is 6.72. The van der Waals surface area contributed by atoms with Crippen LogP contribution >= 0.6 is 0 Å². The van der Waals surface area contributed by atoms with Gasteiger partial charge in [-0.05, 0) is 32.8 Å². The number of hydrogen-bond donors (Lipinski definition) is 2. The van der Waals surface area contributed by atoms with E-state index >= 15 is 0 Å². The fraction of sp³-hybridized carbons (Fsp3) is 0.588. The Morgan fingerprint density at radius 3 is 2.68 bits per heavy atom. The Morgan fingerprint density at radius 1 is 1.41 bits per heavy atom. The number of amides is 1. The summed E-state index contributed by atoms with van der Waals surface area (Å²) < 4.78 is 5.40. The normalized spacial score (nSPS) is 20.0. The lowest BCUT2D eigenvalue weighted by Crippen LogP contribution is -2.40. The summed E-state index contributed by atoms with van der Waals surface area (Å²) in [7, 11) is 0. The summed E-state index contributed by atoms with van der Waals surface area (Å²) in [6.45, 7) is 6.93. The Hall–Kier alpha value is -1.59. The SMILES string of the molecule is CC(C)(C)OC(=O)N1CCC(NC(CO)c2ccccc2)C1. The molecule has 122 valence electrons. The minimum atomic E-state index is -0.472. The number of ether oxygens (including phenoxy) is 1. The lowest BCUT2D eigenvalue weighted by molar-refractivity contribution is 0.0290. The molecule has 0 bridgehead atoms. The van der Waals surface area contributed by atoms with Crippen LogP contribution in [0.15, 0.2) is 30.3 Å². The molecule has 1 aromatic rings. The quantitative estimate of drug-likeness (QED) is 0.896. The van der Waals surface area contributed by atoms with Gasteiger partial charge in [0.2, 0.25) is 0 Å². The highest BCUT2D eigenvalue weighted by atomic mass is 16.6. The molecule has 2 rings (SSSR count). The molecule has 1 amide bonds. The van der Waals surface area contributed by atoms with Crippen molar-refractivity contribution in [3.8, 4) is 0 Å². The average molecular weight is 306 g/mol. The number of likely N-dealkylation sites (tertiary alicyclic amines) is 1. The van der Waals surface area contributed by atoms with Gasteiger partial charge in [-0.2, -0.15) is 0 Å². The van der Waals surface area contributed by atoms with Crippen LogP contribution in [0, 0.1) is 0 Å². The predicted molar refractivity (Wildman–Crippen MR) is 85.6 cm³/mol. The van der Waals surface area contributed by atoms with Gasteiger partial charge in [-0.3, -0.25) is 0 Å². The molecule has 0 saturated carbocycles. The van der Waals surface area contributed by atoms with Crippen LogP contribution in [0.1, 0.15) is 38.8 Å². The number of hydrogen-bond acceptors (Lipinski definition) is 4. The van der Waals surface area contributed by atoms with Crippen molar-refractivity contribution < 1.29 is 14.6 Å².